The van der Waals surface area contributed by atoms with Gasteiger partial charge in [-0.25, -0.2) is 4.79 Å². The van der Waals surface area contributed by atoms with Gasteiger partial charge >= 0.3 is 6.09 Å². The summed E-state index contributed by atoms with van der Waals surface area (Å²) in [5, 5.41) is 12.8. The van der Waals surface area contributed by atoms with Crippen LogP contribution in [0.5, 0.6) is 0 Å². The minimum absolute atomic E-state index is 0.00957. The fourth-order valence-corrected chi connectivity index (χ4v) is 5.52. The third kappa shape index (κ3) is 5.74. The van der Waals surface area contributed by atoms with Crippen LogP contribution in [0.1, 0.15) is 83.0 Å². The zero-order valence-corrected chi connectivity index (χ0v) is 22.7. The Bertz CT molecular complexity index is 1190. The van der Waals surface area contributed by atoms with Crippen molar-refractivity contribution in [2.75, 3.05) is 23.3 Å². The molecule has 2 aromatic carbocycles. The third-order valence-corrected chi connectivity index (χ3v) is 7.63. The molecule has 2 heterocycles. The third-order valence-electron chi connectivity index (χ3n) is 7.63. The average Bonchev–Trinajstić information content (AvgIpc) is 2.86. The zero-order chi connectivity index (χ0) is 26.9. The van der Waals surface area contributed by atoms with Crippen LogP contribution in [0.25, 0.3) is 0 Å². The highest BCUT2D eigenvalue weighted by Crippen LogP contribution is 2.44. The summed E-state index contributed by atoms with van der Waals surface area (Å²) in [6, 6.07) is 16.2. The summed E-state index contributed by atoms with van der Waals surface area (Å²) in [6.45, 7) is 12.9. The molecule has 1 fully saturated rings. The van der Waals surface area contributed by atoms with Crippen LogP contribution in [0.4, 0.5) is 16.2 Å². The highest BCUT2D eigenvalue weighted by molar-refractivity contribution is 5.94. The van der Waals surface area contributed by atoms with Gasteiger partial charge in [-0.15, -0.1) is 0 Å². The van der Waals surface area contributed by atoms with Crippen molar-refractivity contribution >= 4 is 23.4 Å². The zero-order valence-electron chi connectivity index (χ0n) is 22.7. The Labute approximate surface area is 220 Å². The van der Waals surface area contributed by atoms with E-state index >= 15 is 0 Å². The molecule has 196 valence electrons. The number of rotatable bonds is 3. The van der Waals surface area contributed by atoms with Crippen molar-refractivity contribution in [3.8, 4) is 6.07 Å². The second-order valence-electron chi connectivity index (χ2n) is 11.4. The van der Waals surface area contributed by atoms with Crippen molar-refractivity contribution in [2.24, 2.45) is 5.92 Å². The van der Waals surface area contributed by atoms with Crippen LogP contribution in [-0.2, 0) is 9.53 Å². The summed E-state index contributed by atoms with van der Waals surface area (Å²) in [4.78, 5) is 28.9. The highest BCUT2D eigenvalue weighted by atomic mass is 16.6. The normalized spacial score (nSPS) is 22.1. The number of amides is 2. The fraction of sp³-hybridized carbons (Fsp3) is 0.500. The van der Waals surface area contributed by atoms with Gasteiger partial charge in [-0.2, -0.15) is 5.26 Å². The number of fused-ring (bicyclic) bond motifs is 1. The molecule has 2 aliphatic rings. The summed E-state index contributed by atoms with van der Waals surface area (Å²) in [7, 11) is 0. The highest BCUT2D eigenvalue weighted by Gasteiger charge is 2.39. The lowest BCUT2D eigenvalue weighted by Gasteiger charge is -2.44. The van der Waals surface area contributed by atoms with E-state index in [0.29, 0.717) is 24.6 Å². The first-order valence-electron chi connectivity index (χ1n) is 13.2. The van der Waals surface area contributed by atoms with E-state index in [4.69, 9.17) is 10.00 Å². The molecule has 2 amide bonds. The number of carbonyl (C=O) groups is 2. The van der Waals surface area contributed by atoms with Gasteiger partial charge in [0.1, 0.15) is 5.60 Å². The van der Waals surface area contributed by atoms with Crippen LogP contribution in [0.2, 0.25) is 0 Å². The van der Waals surface area contributed by atoms with Gasteiger partial charge in [0.25, 0.3) is 0 Å². The molecule has 0 aromatic heterocycles. The maximum absolute atomic E-state index is 12.7. The Hall–Kier alpha value is -3.53. The van der Waals surface area contributed by atoms with Gasteiger partial charge in [-0.05, 0) is 87.9 Å². The molecule has 2 aliphatic heterocycles. The molecule has 37 heavy (non-hydrogen) atoms. The topological polar surface area (TPSA) is 85.7 Å². The van der Waals surface area contributed by atoms with E-state index in [1.54, 1.807) is 11.8 Å². The summed E-state index contributed by atoms with van der Waals surface area (Å²) in [5.41, 5.74) is 4.36. The van der Waals surface area contributed by atoms with Crippen LogP contribution in [0.3, 0.4) is 0 Å². The summed E-state index contributed by atoms with van der Waals surface area (Å²) < 4.78 is 5.56. The number of nitrogens with zero attached hydrogens (tertiary/aromatic N) is 3. The van der Waals surface area contributed by atoms with E-state index < -0.39 is 5.60 Å². The number of anilines is 2. The van der Waals surface area contributed by atoms with Crippen LogP contribution < -0.4 is 10.2 Å². The molecule has 0 spiro atoms. The monoisotopic (exact) mass is 502 g/mol. The van der Waals surface area contributed by atoms with Crippen molar-refractivity contribution in [1.29, 1.82) is 5.26 Å². The number of piperidine rings is 1. The van der Waals surface area contributed by atoms with Crippen LogP contribution in [0.15, 0.2) is 42.5 Å². The Balaban J connectivity index is 1.60. The van der Waals surface area contributed by atoms with Gasteiger partial charge in [0.2, 0.25) is 5.91 Å². The molecule has 7 heteroatoms. The predicted octanol–water partition coefficient (Wildman–Crippen LogP) is 6.22. The minimum atomic E-state index is -0.500. The van der Waals surface area contributed by atoms with E-state index in [1.807, 2.05) is 49.9 Å². The molecule has 1 saturated heterocycles. The molecule has 1 unspecified atom stereocenters. The Morgan fingerprint density at radius 1 is 1.05 bits per heavy atom. The molecule has 3 atom stereocenters. The van der Waals surface area contributed by atoms with Gasteiger partial charge in [-0.3, -0.25) is 4.79 Å². The number of hydrogen-bond acceptors (Lipinski definition) is 5. The van der Waals surface area contributed by atoms with E-state index in [2.05, 4.69) is 43.4 Å². The summed E-state index contributed by atoms with van der Waals surface area (Å²) >= 11 is 0. The Morgan fingerprint density at radius 3 is 2.27 bits per heavy atom. The quantitative estimate of drug-likeness (QED) is 0.539. The first-order valence-corrected chi connectivity index (χ1v) is 13.2. The molecule has 4 rings (SSSR count). The average molecular weight is 503 g/mol. The lowest BCUT2D eigenvalue weighted by Crippen LogP contribution is -2.48. The molecular weight excluding hydrogens is 464 g/mol. The maximum Gasteiger partial charge on any atom is 0.410 e. The first-order chi connectivity index (χ1) is 17.5. The summed E-state index contributed by atoms with van der Waals surface area (Å²) in [5.74, 6) is 0.534. The number of ether oxygens (including phenoxy) is 1. The van der Waals surface area contributed by atoms with E-state index in [9.17, 15) is 9.59 Å². The van der Waals surface area contributed by atoms with Gasteiger partial charge in [0.05, 0.1) is 17.7 Å². The van der Waals surface area contributed by atoms with Gasteiger partial charge in [0, 0.05) is 43.3 Å². The lowest BCUT2D eigenvalue weighted by molar-refractivity contribution is -0.117. The molecule has 0 aliphatic carbocycles. The SMILES string of the molecule is CC(=O)N1c2ccc(C3CCN(C(=O)OC(C)(C)C)CC3)cc2C(Nc2ccc(C#N)cc2)[C@@H](C)[C@@H]1C. The Morgan fingerprint density at radius 2 is 1.70 bits per heavy atom. The second kappa shape index (κ2) is 10.5. The van der Waals surface area contributed by atoms with Crippen LogP contribution in [0, 0.1) is 17.2 Å². The predicted molar refractivity (Wildman–Crippen MR) is 146 cm³/mol. The number of carbonyl (C=O) groups excluding carboxylic acids is 2. The fourth-order valence-electron chi connectivity index (χ4n) is 5.52. The van der Waals surface area contributed by atoms with E-state index in [-0.39, 0.29) is 30.0 Å². The number of hydrogen-bond donors (Lipinski definition) is 1. The smallest absolute Gasteiger partial charge is 0.410 e. The number of nitrogens with one attached hydrogen (secondary N) is 1. The van der Waals surface area contributed by atoms with Crippen LogP contribution in [-0.4, -0.2) is 41.6 Å². The second-order valence-corrected chi connectivity index (χ2v) is 11.4. The lowest BCUT2D eigenvalue weighted by atomic mass is 9.80. The molecule has 1 N–H and O–H groups in total. The first kappa shape index (κ1) is 26.5. The standard InChI is InChI=1S/C30H38N4O3/c1-19-20(2)34(21(3)35)27-12-9-24(23-13-15-33(16-14-23)29(36)37-30(4,5)6)17-26(27)28(19)32-25-10-7-22(18-31)8-11-25/h7-12,17,19-20,23,28,32H,13-16H2,1-6H3/t19-,20-,28?/m0/s1. The van der Waals surface area contributed by atoms with Crippen molar-refractivity contribution in [1.82, 2.24) is 4.90 Å². The van der Waals surface area contributed by atoms with Crippen molar-refractivity contribution in [3.63, 3.8) is 0 Å². The van der Waals surface area contributed by atoms with Gasteiger partial charge in [-0.1, -0.05) is 19.1 Å². The van der Waals surface area contributed by atoms with Crippen LogP contribution >= 0.6 is 0 Å². The molecule has 0 saturated carbocycles. The number of nitriles is 1. The van der Waals surface area contributed by atoms with Crippen molar-refractivity contribution in [3.05, 3.63) is 59.2 Å². The van der Waals surface area contributed by atoms with Gasteiger partial charge in [0.15, 0.2) is 0 Å². The number of likely N-dealkylation sites (tertiary alicyclic amines) is 1. The minimum Gasteiger partial charge on any atom is -0.444 e. The van der Waals surface area contributed by atoms with Crippen molar-refractivity contribution in [2.45, 2.75) is 78.0 Å². The van der Waals surface area contributed by atoms with Crippen molar-refractivity contribution < 1.29 is 14.3 Å². The largest absolute Gasteiger partial charge is 0.444 e. The molecule has 0 bridgehead atoms. The molecule has 7 nitrogen and oxygen atoms in total. The number of benzene rings is 2. The molecule has 2 aromatic rings. The molecular formula is C30H38N4O3. The van der Waals surface area contributed by atoms with Gasteiger partial charge < -0.3 is 19.9 Å². The molecule has 0 radical (unpaired) electrons. The summed E-state index contributed by atoms with van der Waals surface area (Å²) in [6.07, 6.45) is 1.49. The van der Waals surface area contributed by atoms with E-state index in [0.717, 1.165) is 29.8 Å². The Kier molecular flexibility index (Phi) is 7.49. The maximum atomic E-state index is 12.7. The van der Waals surface area contributed by atoms with E-state index in [1.165, 1.54) is 5.56 Å².